The van der Waals surface area contributed by atoms with Crippen LogP contribution in [0.5, 0.6) is 0 Å². The quantitative estimate of drug-likeness (QED) is 0.506. The Bertz CT molecular complexity index is 553. The van der Waals surface area contributed by atoms with Crippen LogP contribution in [0.2, 0.25) is 0 Å². The van der Waals surface area contributed by atoms with Gasteiger partial charge in [-0.2, -0.15) is 0 Å². The maximum atomic E-state index is 4.63. The van der Waals surface area contributed by atoms with Crippen molar-refractivity contribution in [2.75, 3.05) is 0 Å². The smallest absolute Gasteiger partial charge is 0.0406 e. The molecular formula is C25H39N. The van der Waals surface area contributed by atoms with Gasteiger partial charge in [0.05, 0.1) is 0 Å². The summed E-state index contributed by atoms with van der Waals surface area (Å²) in [5.74, 6) is 7.10. The van der Waals surface area contributed by atoms with E-state index in [0.29, 0.717) is 0 Å². The zero-order valence-electron chi connectivity index (χ0n) is 17.1. The molecule has 0 bridgehead atoms. The van der Waals surface area contributed by atoms with E-state index in [1.807, 2.05) is 12.3 Å². The second kappa shape index (κ2) is 8.44. The summed E-state index contributed by atoms with van der Waals surface area (Å²) in [6.07, 6.45) is 18.1. The van der Waals surface area contributed by atoms with Crippen molar-refractivity contribution < 1.29 is 0 Å². The minimum absolute atomic E-state index is 0.911. The van der Waals surface area contributed by atoms with Crippen LogP contribution >= 0.6 is 0 Å². The van der Waals surface area contributed by atoms with Gasteiger partial charge < -0.3 is 0 Å². The number of pyridine rings is 1. The Labute approximate surface area is 161 Å². The monoisotopic (exact) mass is 353 g/mol. The molecule has 1 nitrogen and oxygen atoms in total. The van der Waals surface area contributed by atoms with E-state index in [9.17, 15) is 0 Å². The third-order valence-electron chi connectivity index (χ3n) is 8.53. The van der Waals surface area contributed by atoms with E-state index in [2.05, 4.69) is 31.0 Å². The molecule has 144 valence electrons. The first kappa shape index (κ1) is 18.5. The summed E-state index contributed by atoms with van der Waals surface area (Å²) in [6, 6.07) is 6.45. The lowest BCUT2D eigenvalue weighted by Gasteiger charge is -2.50. The summed E-state index contributed by atoms with van der Waals surface area (Å²) in [4.78, 5) is 4.63. The molecule has 1 heteroatoms. The van der Waals surface area contributed by atoms with E-state index in [4.69, 9.17) is 0 Å². The Morgan fingerprint density at radius 2 is 1.65 bits per heavy atom. The van der Waals surface area contributed by atoms with Crippen molar-refractivity contribution in [3.63, 3.8) is 0 Å². The van der Waals surface area contributed by atoms with E-state index < -0.39 is 0 Å². The highest BCUT2D eigenvalue weighted by atomic mass is 14.7. The summed E-state index contributed by atoms with van der Waals surface area (Å²) in [7, 11) is 0. The SMILES string of the molecule is CCCCCC1C(C)CCC2C1CCC1C2CC[C@H]1Cc1ccccn1. The number of hydrogen-bond acceptors (Lipinski definition) is 1. The number of rotatable bonds is 6. The number of fused-ring (bicyclic) bond motifs is 3. The van der Waals surface area contributed by atoms with E-state index in [1.54, 1.807) is 0 Å². The summed E-state index contributed by atoms with van der Waals surface area (Å²) in [5, 5.41) is 0. The molecular weight excluding hydrogens is 314 g/mol. The van der Waals surface area contributed by atoms with Gasteiger partial charge in [0.25, 0.3) is 0 Å². The molecule has 3 aliphatic carbocycles. The fourth-order valence-corrected chi connectivity index (χ4v) is 7.30. The highest BCUT2D eigenvalue weighted by Crippen LogP contribution is 2.58. The zero-order valence-corrected chi connectivity index (χ0v) is 17.1. The van der Waals surface area contributed by atoms with E-state index in [-0.39, 0.29) is 0 Å². The topological polar surface area (TPSA) is 12.9 Å². The van der Waals surface area contributed by atoms with Crippen LogP contribution in [0.15, 0.2) is 24.4 Å². The van der Waals surface area contributed by atoms with Crippen molar-refractivity contribution >= 4 is 0 Å². The van der Waals surface area contributed by atoms with Crippen molar-refractivity contribution in [3.8, 4) is 0 Å². The van der Waals surface area contributed by atoms with Gasteiger partial charge in [-0.3, -0.25) is 4.98 Å². The zero-order chi connectivity index (χ0) is 17.9. The van der Waals surface area contributed by atoms with Crippen molar-refractivity contribution in [2.24, 2.45) is 41.4 Å². The molecule has 1 heterocycles. The number of unbranched alkanes of at least 4 members (excludes halogenated alkanes) is 2. The molecule has 1 aromatic heterocycles. The molecule has 0 saturated heterocycles. The third-order valence-corrected chi connectivity index (χ3v) is 8.53. The van der Waals surface area contributed by atoms with E-state index in [0.717, 1.165) is 41.4 Å². The largest absolute Gasteiger partial charge is 0.261 e. The van der Waals surface area contributed by atoms with Gasteiger partial charge in [0.1, 0.15) is 0 Å². The Morgan fingerprint density at radius 3 is 2.46 bits per heavy atom. The van der Waals surface area contributed by atoms with Gasteiger partial charge in [0.15, 0.2) is 0 Å². The molecule has 7 atom stereocenters. The van der Waals surface area contributed by atoms with Gasteiger partial charge in [0, 0.05) is 11.9 Å². The molecule has 1 aromatic rings. The fourth-order valence-electron chi connectivity index (χ4n) is 7.30. The Hall–Kier alpha value is -0.850. The van der Waals surface area contributed by atoms with Gasteiger partial charge in [-0.1, -0.05) is 45.6 Å². The van der Waals surface area contributed by atoms with E-state index >= 15 is 0 Å². The standard InChI is InChI=1S/C25H39N/c1-3-4-5-9-21-18(2)10-12-25-23(21)15-14-22-19(11-13-24(22)25)17-20-8-6-7-16-26-20/h6-8,16,18-19,21-25H,3-5,9-15,17H2,1-2H3/t18?,19-,21?,22?,23?,24?,25?/m0/s1. The molecule has 26 heavy (non-hydrogen) atoms. The first-order valence-corrected chi connectivity index (χ1v) is 11.7. The fraction of sp³-hybridized carbons (Fsp3) is 0.800. The molecule has 0 aromatic carbocycles. The minimum Gasteiger partial charge on any atom is -0.261 e. The van der Waals surface area contributed by atoms with Crippen molar-refractivity contribution in [1.29, 1.82) is 0 Å². The molecule has 0 spiro atoms. The molecule has 0 radical (unpaired) electrons. The van der Waals surface area contributed by atoms with Crippen LogP contribution in [0, 0.1) is 41.4 Å². The maximum absolute atomic E-state index is 4.63. The average Bonchev–Trinajstić information content (AvgIpc) is 3.07. The van der Waals surface area contributed by atoms with Crippen LogP contribution in [0.3, 0.4) is 0 Å². The minimum atomic E-state index is 0.911. The van der Waals surface area contributed by atoms with Crippen LogP contribution in [0.1, 0.15) is 83.7 Å². The lowest BCUT2D eigenvalue weighted by atomic mass is 9.55. The first-order chi connectivity index (χ1) is 12.8. The Balaban J connectivity index is 1.41. The van der Waals surface area contributed by atoms with Crippen LogP contribution in [-0.4, -0.2) is 4.98 Å². The normalized spacial score (nSPS) is 39.4. The first-order valence-electron chi connectivity index (χ1n) is 11.7. The van der Waals surface area contributed by atoms with Gasteiger partial charge in [0.2, 0.25) is 0 Å². The summed E-state index contributed by atoms with van der Waals surface area (Å²) in [5.41, 5.74) is 1.33. The molecule has 3 aliphatic rings. The van der Waals surface area contributed by atoms with Gasteiger partial charge in [-0.15, -0.1) is 0 Å². The highest BCUT2D eigenvalue weighted by Gasteiger charge is 2.49. The number of nitrogens with zero attached hydrogens (tertiary/aromatic N) is 1. The van der Waals surface area contributed by atoms with Crippen molar-refractivity contribution in [3.05, 3.63) is 30.1 Å². The molecule has 3 fully saturated rings. The summed E-state index contributed by atoms with van der Waals surface area (Å²) < 4.78 is 0. The molecule has 0 N–H and O–H groups in total. The molecule has 0 aliphatic heterocycles. The van der Waals surface area contributed by atoms with Crippen LogP contribution < -0.4 is 0 Å². The van der Waals surface area contributed by atoms with Crippen LogP contribution in [0.25, 0.3) is 0 Å². The molecule has 3 saturated carbocycles. The Morgan fingerprint density at radius 1 is 0.885 bits per heavy atom. The van der Waals surface area contributed by atoms with Gasteiger partial charge >= 0.3 is 0 Å². The maximum Gasteiger partial charge on any atom is 0.0406 e. The number of aromatic nitrogens is 1. The third kappa shape index (κ3) is 3.73. The van der Waals surface area contributed by atoms with E-state index in [1.165, 1.54) is 76.3 Å². The molecule has 0 amide bonds. The van der Waals surface area contributed by atoms with Gasteiger partial charge in [-0.05, 0) is 98.5 Å². The second-order valence-corrected chi connectivity index (χ2v) is 9.81. The van der Waals surface area contributed by atoms with Crippen molar-refractivity contribution in [1.82, 2.24) is 4.98 Å². The van der Waals surface area contributed by atoms with Gasteiger partial charge in [-0.25, -0.2) is 0 Å². The summed E-state index contributed by atoms with van der Waals surface area (Å²) in [6.45, 7) is 4.91. The Kier molecular flexibility index (Phi) is 6.01. The average molecular weight is 354 g/mol. The second-order valence-electron chi connectivity index (χ2n) is 9.81. The molecule has 4 rings (SSSR count). The summed E-state index contributed by atoms with van der Waals surface area (Å²) >= 11 is 0. The predicted molar refractivity (Wildman–Crippen MR) is 110 cm³/mol. The highest BCUT2D eigenvalue weighted by molar-refractivity contribution is 5.07. The van der Waals surface area contributed by atoms with Crippen molar-refractivity contribution in [2.45, 2.75) is 84.5 Å². The van der Waals surface area contributed by atoms with Crippen LogP contribution in [-0.2, 0) is 6.42 Å². The lowest BCUT2D eigenvalue weighted by molar-refractivity contribution is -0.00806. The molecule has 6 unspecified atom stereocenters. The predicted octanol–water partition coefficient (Wildman–Crippen LogP) is 6.92. The van der Waals surface area contributed by atoms with Crippen LogP contribution in [0.4, 0.5) is 0 Å². The lowest BCUT2D eigenvalue weighted by Crippen LogP contribution is -2.42. The number of hydrogen-bond donors (Lipinski definition) is 0.